The molecule has 0 atom stereocenters. The number of hydrogen-bond acceptors (Lipinski definition) is 2. The van der Waals surface area contributed by atoms with Gasteiger partial charge in [0, 0.05) is 0 Å². The van der Waals surface area contributed by atoms with Gasteiger partial charge >= 0.3 is 139 Å². The molecule has 21 heavy (non-hydrogen) atoms. The fourth-order valence-corrected chi connectivity index (χ4v) is 20.7. The van der Waals surface area contributed by atoms with Crippen LogP contribution in [0.25, 0.3) is 0 Å². The summed E-state index contributed by atoms with van der Waals surface area (Å²) >= 11 is -1.98. The summed E-state index contributed by atoms with van der Waals surface area (Å²) in [5.74, 6) is 0. The van der Waals surface area contributed by atoms with Gasteiger partial charge in [-0.05, 0) is 0 Å². The van der Waals surface area contributed by atoms with Crippen molar-refractivity contribution in [1.29, 1.82) is 0 Å². The monoisotopic (exact) mass is 406 g/mol. The molecule has 0 spiro atoms. The van der Waals surface area contributed by atoms with Crippen LogP contribution in [0.3, 0.4) is 0 Å². The summed E-state index contributed by atoms with van der Waals surface area (Å²) in [6, 6.07) is 0. The average molecular weight is 405 g/mol. The molecule has 0 amide bonds. The molecule has 0 aromatic carbocycles. The molecule has 0 bridgehead atoms. The van der Waals surface area contributed by atoms with Gasteiger partial charge in [0.1, 0.15) is 0 Å². The Labute approximate surface area is 139 Å². The molecule has 0 aromatic heterocycles. The van der Waals surface area contributed by atoms with Crippen molar-refractivity contribution in [2.75, 3.05) is 0 Å². The molecule has 0 heterocycles. The zero-order valence-corrected chi connectivity index (χ0v) is 21.0. The quantitative estimate of drug-likeness (QED) is 0.420. The molecule has 0 N–H and O–H groups in total. The van der Waals surface area contributed by atoms with E-state index in [9.17, 15) is 0 Å². The van der Waals surface area contributed by atoms with Crippen molar-refractivity contribution in [3.05, 3.63) is 0 Å². The van der Waals surface area contributed by atoms with Gasteiger partial charge in [0.25, 0.3) is 0 Å². The molecule has 0 saturated heterocycles. The van der Waals surface area contributed by atoms with Crippen LogP contribution in [0.2, 0.25) is 61.6 Å². The summed E-state index contributed by atoms with van der Waals surface area (Å²) in [5.41, 5.74) is 3.60. The third-order valence-electron chi connectivity index (χ3n) is 3.59. The standard InChI is InChI=1S/C15H36GeO2Si3/c1-11-16(12-2,13-3)14-15-21(10,17-19(4,5)6)18-20(7,8)9/h11-13H2,1-10H3. The predicted octanol–water partition coefficient (Wildman–Crippen LogP) is 5.35. The van der Waals surface area contributed by atoms with Gasteiger partial charge in [-0.2, -0.15) is 0 Å². The molecule has 0 saturated carbocycles. The fraction of sp³-hybridized carbons (Fsp3) is 0.867. The summed E-state index contributed by atoms with van der Waals surface area (Å²) < 4.78 is 16.7. The van der Waals surface area contributed by atoms with Crippen molar-refractivity contribution in [2.24, 2.45) is 0 Å². The molecule has 0 aromatic rings. The first-order valence-corrected chi connectivity index (χ1v) is 22.9. The van der Waals surface area contributed by atoms with Crippen LogP contribution in [0.4, 0.5) is 0 Å². The molecule has 0 rings (SSSR count). The van der Waals surface area contributed by atoms with Crippen molar-refractivity contribution in [3.8, 4) is 10.3 Å². The van der Waals surface area contributed by atoms with E-state index in [1.807, 2.05) is 0 Å². The van der Waals surface area contributed by atoms with Gasteiger partial charge in [0.05, 0.1) is 0 Å². The maximum atomic E-state index is 6.48. The minimum atomic E-state index is -2.37. The number of hydrogen-bond donors (Lipinski definition) is 0. The minimum absolute atomic E-state index is 1.28. The van der Waals surface area contributed by atoms with Gasteiger partial charge in [-0.3, -0.25) is 0 Å². The van der Waals surface area contributed by atoms with Crippen LogP contribution < -0.4 is 0 Å². The predicted molar refractivity (Wildman–Crippen MR) is 105 cm³/mol. The second-order valence-electron chi connectivity index (χ2n) is 7.97. The Morgan fingerprint density at radius 3 is 1.29 bits per heavy atom. The maximum absolute atomic E-state index is 6.48. The first-order chi connectivity index (χ1) is 9.30. The van der Waals surface area contributed by atoms with E-state index >= 15 is 0 Å². The SMILES string of the molecule is C[CH2][Ge]([C]#C[Si](C)(O[Si](C)(C)C)O[Si](C)(C)C)([CH2]C)[CH2]C. The summed E-state index contributed by atoms with van der Waals surface area (Å²) in [7, 11) is -5.65. The normalized spacial score (nSPS) is 13.8. The summed E-state index contributed by atoms with van der Waals surface area (Å²) in [6.45, 7) is 22.6. The summed E-state index contributed by atoms with van der Waals surface area (Å²) in [4.78, 5) is 0. The van der Waals surface area contributed by atoms with Crippen LogP contribution in [0.15, 0.2) is 0 Å². The van der Waals surface area contributed by atoms with Gasteiger partial charge in [0.15, 0.2) is 0 Å². The Balaban J connectivity index is 5.54. The van der Waals surface area contributed by atoms with Gasteiger partial charge < -0.3 is 0 Å². The molecule has 0 aliphatic rings. The molecule has 0 aliphatic carbocycles. The second kappa shape index (κ2) is 7.98. The molecule has 0 fully saturated rings. The van der Waals surface area contributed by atoms with Gasteiger partial charge in [-0.15, -0.1) is 0 Å². The Bertz CT molecular complexity index is 360. The Hall–Kier alpha value is 0.674. The van der Waals surface area contributed by atoms with Crippen molar-refractivity contribution in [3.63, 3.8) is 0 Å². The molecule has 0 aliphatic heterocycles. The van der Waals surface area contributed by atoms with Crippen molar-refractivity contribution in [1.82, 2.24) is 0 Å². The molecule has 0 radical (unpaired) electrons. The first kappa shape index (κ1) is 21.7. The molecule has 6 heteroatoms. The molecular formula is C15H36GeO2Si3. The van der Waals surface area contributed by atoms with Gasteiger partial charge in [0.2, 0.25) is 0 Å². The Morgan fingerprint density at radius 1 is 0.714 bits per heavy atom. The zero-order chi connectivity index (χ0) is 16.9. The topological polar surface area (TPSA) is 18.5 Å². The van der Waals surface area contributed by atoms with E-state index in [2.05, 4.69) is 76.9 Å². The Kier molecular flexibility index (Phi) is 8.23. The van der Waals surface area contributed by atoms with E-state index in [4.69, 9.17) is 8.23 Å². The summed E-state index contributed by atoms with van der Waals surface area (Å²) in [5, 5.41) is 3.85. The van der Waals surface area contributed by atoms with Gasteiger partial charge in [-0.1, -0.05) is 0 Å². The average Bonchev–Trinajstić information content (AvgIpc) is 2.26. The van der Waals surface area contributed by atoms with E-state index in [0.29, 0.717) is 0 Å². The summed E-state index contributed by atoms with van der Waals surface area (Å²) in [6.07, 6.45) is 0. The van der Waals surface area contributed by atoms with E-state index in [-0.39, 0.29) is 0 Å². The molecular weight excluding hydrogens is 369 g/mol. The zero-order valence-electron chi connectivity index (χ0n) is 15.9. The van der Waals surface area contributed by atoms with Crippen molar-refractivity contribution in [2.45, 2.75) is 82.4 Å². The van der Waals surface area contributed by atoms with E-state index in [1.54, 1.807) is 0 Å². The van der Waals surface area contributed by atoms with Gasteiger partial charge in [-0.25, -0.2) is 0 Å². The van der Waals surface area contributed by atoms with Crippen LogP contribution in [-0.4, -0.2) is 38.5 Å². The first-order valence-electron chi connectivity index (χ1n) is 8.25. The number of rotatable bonds is 7. The molecule has 124 valence electrons. The molecule has 0 unspecified atom stereocenters. The van der Waals surface area contributed by atoms with E-state index in [1.165, 1.54) is 15.8 Å². The van der Waals surface area contributed by atoms with Crippen LogP contribution in [-0.2, 0) is 8.23 Å². The van der Waals surface area contributed by atoms with Crippen LogP contribution in [0.1, 0.15) is 20.8 Å². The molecule has 2 nitrogen and oxygen atoms in total. The van der Waals surface area contributed by atoms with E-state index < -0.39 is 38.5 Å². The third kappa shape index (κ3) is 8.77. The van der Waals surface area contributed by atoms with Crippen LogP contribution >= 0.6 is 0 Å². The van der Waals surface area contributed by atoms with Crippen molar-refractivity contribution >= 4 is 38.5 Å². The van der Waals surface area contributed by atoms with E-state index in [0.717, 1.165) is 0 Å². The third-order valence-corrected chi connectivity index (χ3v) is 22.6. The van der Waals surface area contributed by atoms with Crippen LogP contribution in [0, 0.1) is 10.3 Å². The fourth-order valence-electron chi connectivity index (χ4n) is 2.50. The van der Waals surface area contributed by atoms with Crippen molar-refractivity contribution < 1.29 is 8.23 Å². The Morgan fingerprint density at radius 2 is 1.05 bits per heavy atom. The van der Waals surface area contributed by atoms with Crippen LogP contribution in [0.5, 0.6) is 0 Å². The second-order valence-corrected chi connectivity index (χ2v) is 30.5.